The third-order valence-electron chi connectivity index (χ3n) is 4.05. The Bertz CT molecular complexity index is 538. The van der Waals surface area contributed by atoms with Crippen molar-refractivity contribution in [1.82, 2.24) is 9.97 Å². The SMILES string of the molecule is CC1CCCC1CNc1ncc2ccccc2n1. The molecule has 1 heterocycles. The molecule has 1 N–H and O–H groups in total. The molecule has 3 rings (SSSR count). The van der Waals surface area contributed by atoms with Crippen LogP contribution < -0.4 is 5.32 Å². The van der Waals surface area contributed by atoms with Gasteiger partial charge < -0.3 is 5.32 Å². The summed E-state index contributed by atoms with van der Waals surface area (Å²) in [6, 6.07) is 8.09. The number of hydrogen-bond acceptors (Lipinski definition) is 3. The van der Waals surface area contributed by atoms with Crippen molar-refractivity contribution in [2.24, 2.45) is 11.8 Å². The fourth-order valence-electron chi connectivity index (χ4n) is 2.81. The number of aromatic nitrogens is 2. The van der Waals surface area contributed by atoms with E-state index in [1.165, 1.54) is 19.3 Å². The predicted octanol–water partition coefficient (Wildman–Crippen LogP) is 3.48. The standard InChI is InChI=1S/C15H19N3/c1-11-5-4-7-12(11)9-16-15-17-10-13-6-2-3-8-14(13)18-15/h2-3,6,8,10-12H,4-5,7,9H2,1H3,(H,16,17,18). The molecule has 18 heavy (non-hydrogen) atoms. The second kappa shape index (κ2) is 4.92. The Labute approximate surface area is 108 Å². The highest BCUT2D eigenvalue weighted by atomic mass is 15.1. The van der Waals surface area contributed by atoms with E-state index in [9.17, 15) is 0 Å². The van der Waals surface area contributed by atoms with Crippen molar-refractivity contribution in [3.05, 3.63) is 30.5 Å². The monoisotopic (exact) mass is 241 g/mol. The van der Waals surface area contributed by atoms with E-state index in [0.717, 1.165) is 35.2 Å². The van der Waals surface area contributed by atoms with Crippen LogP contribution in [0.3, 0.4) is 0 Å². The van der Waals surface area contributed by atoms with Gasteiger partial charge in [-0.05, 0) is 24.3 Å². The minimum atomic E-state index is 0.757. The summed E-state index contributed by atoms with van der Waals surface area (Å²) < 4.78 is 0. The van der Waals surface area contributed by atoms with Crippen LogP contribution >= 0.6 is 0 Å². The summed E-state index contributed by atoms with van der Waals surface area (Å²) in [5, 5.41) is 4.48. The molecule has 1 aliphatic rings. The van der Waals surface area contributed by atoms with Crippen LogP contribution in [0.2, 0.25) is 0 Å². The first-order valence-corrected chi connectivity index (χ1v) is 6.78. The summed E-state index contributed by atoms with van der Waals surface area (Å²) >= 11 is 0. The summed E-state index contributed by atoms with van der Waals surface area (Å²) in [7, 11) is 0. The van der Waals surface area contributed by atoms with Crippen molar-refractivity contribution < 1.29 is 0 Å². The molecule has 2 unspecified atom stereocenters. The maximum Gasteiger partial charge on any atom is 0.223 e. The van der Waals surface area contributed by atoms with E-state index >= 15 is 0 Å². The van der Waals surface area contributed by atoms with Crippen molar-refractivity contribution in [1.29, 1.82) is 0 Å². The van der Waals surface area contributed by atoms with Crippen LogP contribution in [0.4, 0.5) is 5.95 Å². The van der Waals surface area contributed by atoms with Crippen LogP contribution in [0.5, 0.6) is 0 Å². The van der Waals surface area contributed by atoms with Gasteiger partial charge in [0.15, 0.2) is 0 Å². The van der Waals surface area contributed by atoms with E-state index in [4.69, 9.17) is 0 Å². The van der Waals surface area contributed by atoms with Crippen molar-refractivity contribution in [2.75, 3.05) is 11.9 Å². The molecule has 1 aromatic carbocycles. The van der Waals surface area contributed by atoms with E-state index in [0.29, 0.717) is 0 Å². The second-order valence-electron chi connectivity index (χ2n) is 5.30. The Morgan fingerprint density at radius 1 is 1.28 bits per heavy atom. The van der Waals surface area contributed by atoms with Crippen molar-refractivity contribution in [2.45, 2.75) is 26.2 Å². The predicted molar refractivity (Wildman–Crippen MR) is 74.5 cm³/mol. The molecule has 0 spiro atoms. The molecule has 2 atom stereocenters. The molecule has 94 valence electrons. The van der Waals surface area contributed by atoms with Gasteiger partial charge in [0.2, 0.25) is 5.95 Å². The van der Waals surface area contributed by atoms with Gasteiger partial charge in [-0.2, -0.15) is 0 Å². The second-order valence-corrected chi connectivity index (χ2v) is 5.30. The zero-order chi connectivity index (χ0) is 12.4. The molecule has 0 bridgehead atoms. The van der Waals surface area contributed by atoms with E-state index in [2.05, 4.69) is 22.2 Å². The average Bonchev–Trinajstić information content (AvgIpc) is 2.82. The Morgan fingerprint density at radius 3 is 3.00 bits per heavy atom. The summed E-state index contributed by atoms with van der Waals surface area (Å²) in [5.41, 5.74) is 1.01. The molecule has 1 aromatic heterocycles. The number of nitrogens with one attached hydrogen (secondary N) is 1. The Hall–Kier alpha value is -1.64. The zero-order valence-electron chi connectivity index (χ0n) is 10.8. The minimum Gasteiger partial charge on any atom is -0.354 e. The largest absolute Gasteiger partial charge is 0.354 e. The van der Waals surface area contributed by atoms with E-state index in [1.807, 2.05) is 30.5 Å². The van der Waals surface area contributed by atoms with Gasteiger partial charge in [0, 0.05) is 18.1 Å². The lowest BCUT2D eigenvalue weighted by Gasteiger charge is -2.15. The fraction of sp³-hybridized carbons (Fsp3) is 0.467. The van der Waals surface area contributed by atoms with Crippen molar-refractivity contribution >= 4 is 16.9 Å². The molecule has 0 aliphatic heterocycles. The molecule has 0 saturated heterocycles. The molecule has 2 aromatic rings. The molecule has 0 radical (unpaired) electrons. The first-order chi connectivity index (χ1) is 8.83. The lowest BCUT2D eigenvalue weighted by atomic mass is 9.98. The molecule has 0 amide bonds. The van der Waals surface area contributed by atoms with Gasteiger partial charge in [0.25, 0.3) is 0 Å². The summed E-state index contributed by atoms with van der Waals surface area (Å²) in [4.78, 5) is 8.91. The van der Waals surface area contributed by atoms with Gasteiger partial charge >= 0.3 is 0 Å². The zero-order valence-corrected chi connectivity index (χ0v) is 10.8. The number of rotatable bonds is 3. The van der Waals surface area contributed by atoms with E-state index in [-0.39, 0.29) is 0 Å². The number of anilines is 1. The quantitative estimate of drug-likeness (QED) is 0.894. The number of nitrogens with zero attached hydrogens (tertiary/aromatic N) is 2. The van der Waals surface area contributed by atoms with Crippen molar-refractivity contribution in [3.63, 3.8) is 0 Å². The van der Waals surface area contributed by atoms with Crippen LogP contribution in [0.25, 0.3) is 10.9 Å². The fourth-order valence-corrected chi connectivity index (χ4v) is 2.81. The third-order valence-corrected chi connectivity index (χ3v) is 4.05. The summed E-state index contributed by atoms with van der Waals surface area (Å²) in [5.74, 6) is 2.37. The molecule has 1 saturated carbocycles. The molecule has 3 nitrogen and oxygen atoms in total. The highest BCUT2D eigenvalue weighted by Gasteiger charge is 2.22. The number of para-hydroxylation sites is 1. The minimum absolute atomic E-state index is 0.757. The topological polar surface area (TPSA) is 37.8 Å². The lowest BCUT2D eigenvalue weighted by molar-refractivity contribution is 0.439. The molecular weight excluding hydrogens is 222 g/mol. The van der Waals surface area contributed by atoms with Crippen LogP contribution in [-0.2, 0) is 0 Å². The average molecular weight is 241 g/mol. The van der Waals surface area contributed by atoms with E-state index < -0.39 is 0 Å². The molecular formula is C15H19N3. The van der Waals surface area contributed by atoms with Gasteiger partial charge in [0.05, 0.1) is 5.52 Å². The lowest BCUT2D eigenvalue weighted by Crippen LogP contribution is -2.17. The maximum atomic E-state index is 4.54. The van der Waals surface area contributed by atoms with Gasteiger partial charge in [-0.15, -0.1) is 0 Å². The van der Waals surface area contributed by atoms with Crippen LogP contribution in [0.1, 0.15) is 26.2 Å². The first kappa shape index (κ1) is 11.5. The smallest absolute Gasteiger partial charge is 0.223 e. The van der Waals surface area contributed by atoms with Gasteiger partial charge in [0.1, 0.15) is 0 Å². The molecule has 1 aliphatic carbocycles. The summed E-state index contributed by atoms with van der Waals surface area (Å²) in [6.45, 7) is 3.35. The Morgan fingerprint density at radius 2 is 2.17 bits per heavy atom. The Balaban J connectivity index is 1.71. The van der Waals surface area contributed by atoms with E-state index in [1.54, 1.807) is 0 Å². The third kappa shape index (κ3) is 2.30. The van der Waals surface area contributed by atoms with Gasteiger partial charge in [-0.3, -0.25) is 0 Å². The van der Waals surface area contributed by atoms with Gasteiger partial charge in [-0.1, -0.05) is 38.0 Å². The molecule has 3 heteroatoms. The number of hydrogen-bond donors (Lipinski definition) is 1. The number of fused-ring (bicyclic) bond motifs is 1. The van der Waals surface area contributed by atoms with Crippen LogP contribution in [0, 0.1) is 11.8 Å². The van der Waals surface area contributed by atoms with Crippen LogP contribution in [0.15, 0.2) is 30.5 Å². The normalized spacial score (nSPS) is 23.4. The maximum absolute atomic E-state index is 4.54. The van der Waals surface area contributed by atoms with Crippen molar-refractivity contribution in [3.8, 4) is 0 Å². The highest BCUT2D eigenvalue weighted by Crippen LogP contribution is 2.30. The molecule has 1 fully saturated rings. The summed E-state index contributed by atoms with van der Waals surface area (Å²) in [6.07, 6.45) is 5.96. The van der Waals surface area contributed by atoms with Gasteiger partial charge in [-0.25, -0.2) is 9.97 Å². The number of benzene rings is 1. The van der Waals surface area contributed by atoms with Crippen LogP contribution in [-0.4, -0.2) is 16.5 Å². The highest BCUT2D eigenvalue weighted by molar-refractivity contribution is 5.78. The Kier molecular flexibility index (Phi) is 3.13. The first-order valence-electron chi connectivity index (χ1n) is 6.78.